The smallest absolute Gasteiger partial charge is 0.271 e. The van der Waals surface area contributed by atoms with Crippen LogP contribution in [0.1, 0.15) is 35.7 Å². The number of carbonyl (C=O) groups is 1. The first-order valence-corrected chi connectivity index (χ1v) is 8.21. The van der Waals surface area contributed by atoms with Crippen LogP contribution in [0.3, 0.4) is 0 Å². The van der Waals surface area contributed by atoms with Gasteiger partial charge in [-0.3, -0.25) is 19.5 Å². The average molecular weight is 326 g/mol. The molecule has 0 bridgehead atoms. The van der Waals surface area contributed by atoms with Crippen LogP contribution in [0.2, 0.25) is 0 Å². The number of carbonyl (C=O) groups excluding carboxylic acids is 1. The summed E-state index contributed by atoms with van der Waals surface area (Å²) in [6.45, 7) is 5.48. The molecular formula is C18H22N4O2. The summed E-state index contributed by atoms with van der Waals surface area (Å²) in [6, 6.07) is 5.02. The molecule has 0 aliphatic carbocycles. The first-order chi connectivity index (χ1) is 11.6. The summed E-state index contributed by atoms with van der Waals surface area (Å²) in [6.07, 6.45) is 5.56. The molecule has 2 aromatic rings. The van der Waals surface area contributed by atoms with Crippen LogP contribution in [0.15, 0.2) is 35.4 Å². The number of pyridine rings is 2. The zero-order valence-electron chi connectivity index (χ0n) is 14.0. The molecule has 6 nitrogen and oxygen atoms in total. The van der Waals surface area contributed by atoms with E-state index in [0.717, 1.165) is 42.8 Å². The molecule has 2 aromatic heterocycles. The van der Waals surface area contributed by atoms with Crippen molar-refractivity contribution in [3.05, 3.63) is 57.8 Å². The van der Waals surface area contributed by atoms with Gasteiger partial charge in [-0.25, -0.2) is 0 Å². The topological polar surface area (TPSA) is 78.1 Å². The van der Waals surface area contributed by atoms with Crippen LogP contribution in [0.25, 0.3) is 0 Å². The molecule has 6 heteroatoms. The molecule has 2 N–H and O–H groups in total. The number of H-pyrrole nitrogens is 1. The minimum atomic E-state index is -0.429. The fraction of sp³-hybridized carbons (Fsp3) is 0.389. The molecule has 1 unspecified atom stereocenters. The van der Waals surface area contributed by atoms with Gasteiger partial charge in [-0.1, -0.05) is 6.07 Å². The summed E-state index contributed by atoms with van der Waals surface area (Å²) in [4.78, 5) is 34.1. The van der Waals surface area contributed by atoms with Crippen molar-refractivity contribution in [1.82, 2.24) is 14.9 Å². The van der Waals surface area contributed by atoms with Gasteiger partial charge >= 0.3 is 0 Å². The molecule has 0 saturated carbocycles. The maximum atomic E-state index is 12.9. The second kappa shape index (κ2) is 6.97. The van der Waals surface area contributed by atoms with Gasteiger partial charge in [0.25, 0.3) is 5.56 Å². The number of nitrogens with one attached hydrogen (secondary N) is 2. The lowest BCUT2D eigenvalue weighted by Gasteiger charge is -2.26. The van der Waals surface area contributed by atoms with Crippen LogP contribution in [-0.4, -0.2) is 33.9 Å². The number of rotatable bonds is 4. The fourth-order valence-corrected chi connectivity index (χ4v) is 3.09. The molecule has 1 aliphatic heterocycles. The van der Waals surface area contributed by atoms with E-state index in [-0.39, 0.29) is 17.2 Å². The van der Waals surface area contributed by atoms with Crippen molar-refractivity contribution in [3.63, 3.8) is 0 Å². The maximum Gasteiger partial charge on any atom is 0.271 e. The SMILES string of the molecule is Cc1cc(NC(=O)C(c2cccnc2)N2CCCC2)c(=O)[nH]c1C. The molecule has 126 valence electrons. The number of likely N-dealkylation sites (tertiary alicyclic amines) is 1. The molecule has 1 saturated heterocycles. The van der Waals surface area contributed by atoms with Gasteiger partial charge in [0.05, 0.1) is 0 Å². The van der Waals surface area contributed by atoms with Crippen LogP contribution in [0, 0.1) is 13.8 Å². The van der Waals surface area contributed by atoms with E-state index in [4.69, 9.17) is 0 Å². The molecule has 3 rings (SSSR count). The number of nitrogens with zero attached hydrogens (tertiary/aromatic N) is 2. The maximum absolute atomic E-state index is 12.9. The first kappa shape index (κ1) is 16.4. The quantitative estimate of drug-likeness (QED) is 0.902. The highest BCUT2D eigenvalue weighted by Crippen LogP contribution is 2.25. The minimum absolute atomic E-state index is 0.196. The number of hydrogen-bond acceptors (Lipinski definition) is 4. The van der Waals surface area contributed by atoms with Gasteiger partial charge in [0, 0.05) is 18.1 Å². The van der Waals surface area contributed by atoms with Crippen molar-refractivity contribution >= 4 is 11.6 Å². The molecule has 1 atom stereocenters. The third-order valence-corrected chi connectivity index (χ3v) is 4.51. The number of hydrogen-bond donors (Lipinski definition) is 2. The number of anilines is 1. The van der Waals surface area contributed by atoms with Gasteiger partial charge in [0.2, 0.25) is 5.91 Å². The fourth-order valence-electron chi connectivity index (χ4n) is 3.09. The Balaban J connectivity index is 1.89. The molecule has 1 amide bonds. The Bertz CT molecular complexity index is 779. The van der Waals surface area contributed by atoms with E-state index in [0.29, 0.717) is 0 Å². The van der Waals surface area contributed by atoms with Crippen molar-refractivity contribution in [2.24, 2.45) is 0 Å². The predicted molar refractivity (Wildman–Crippen MR) is 93.0 cm³/mol. The minimum Gasteiger partial charge on any atom is -0.324 e. The van der Waals surface area contributed by atoms with Gasteiger partial charge in [-0.2, -0.15) is 0 Å². The number of aromatic amines is 1. The molecule has 0 spiro atoms. The average Bonchev–Trinajstić information content (AvgIpc) is 3.08. The first-order valence-electron chi connectivity index (χ1n) is 8.21. The Hall–Kier alpha value is -2.47. The summed E-state index contributed by atoms with van der Waals surface area (Å²) in [5.41, 5.74) is 2.59. The number of amides is 1. The Morgan fingerprint density at radius 2 is 2.08 bits per heavy atom. The standard InChI is InChI=1S/C18H22N4O2/c1-12-10-15(17(23)20-13(12)2)21-18(24)16(22-8-3-4-9-22)14-6-5-7-19-11-14/h5-7,10-11,16H,3-4,8-9H2,1-2H3,(H,20,23)(H,21,24). The summed E-state index contributed by atoms with van der Waals surface area (Å²) in [5.74, 6) is -0.196. The Labute approximate surface area is 140 Å². The van der Waals surface area contributed by atoms with Crippen LogP contribution in [0.4, 0.5) is 5.69 Å². The van der Waals surface area contributed by atoms with Gasteiger partial charge in [0.15, 0.2) is 0 Å². The predicted octanol–water partition coefficient (Wildman–Crippen LogP) is 2.16. The number of aromatic nitrogens is 2. The van der Waals surface area contributed by atoms with E-state index in [9.17, 15) is 9.59 Å². The van der Waals surface area contributed by atoms with E-state index in [1.54, 1.807) is 18.5 Å². The van der Waals surface area contributed by atoms with Gasteiger partial charge < -0.3 is 10.3 Å². The second-order valence-electron chi connectivity index (χ2n) is 6.24. The van der Waals surface area contributed by atoms with E-state index >= 15 is 0 Å². The molecule has 0 radical (unpaired) electrons. The van der Waals surface area contributed by atoms with Gasteiger partial charge in [-0.05, 0) is 63.0 Å². The second-order valence-corrected chi connectivity index (χ2v) is 6.24. The molecule has 24 heavy (non-hydrogen) atoms. The highest BCUT2D eigenvalue weighted by Gasteiger charge is 2.30. The molecule has 3 heterocycles. The lowest BCUT2D eigenvalue weighted by molar-refractivity contribution is -0.121. The lowest BCUT2D eigenvalue weighted by atomic mass is 10.1. The normalized spacial score (nSPS) is 16.1. The summed E-state index contributed by atoms with van der Waals surface area (Å²) < 4.78 is 0. The van der Waals surface area contributed by atoms with E-state index in [1.807, 2.05) is 26.0 Å². The monoisotopic (exact) mass is 326 g/mol. The van der Waals surface area contributed by atoms with Crippen molar-refractivity contribution in [2.75, 3.05) is 18.4 Å². The van der Waals surface area contributed by atoms with Crippen LogP contribution < -0.4 is 10.9 Å². The Morgan fingerprint density at radius 1 is 1.33 bits per heavy atom. The Kier molecular flexibility index (Phi) is 4.76. The van der Waals surface area contributed by atoms with Crippen LogP contribution in [-0.2, 0) is 4.79 Å². The molecule has 1 fully saturated rings. The number of aryl methyl sites for hydroxylation is 2. The van der Waals surface area contributed by atoms with Crippen molar-refractivity contribution in [2.45, 2.75) is 32.7 Å². The molecule has 0 aromatic carbocycles. The van der Waals surface area contributed by atoms with Crippen molar-refractivity contribution in [1.29, 1.82) is 0 Å². The summed E-state index contributed by atoms with van der Waals surface area (Å²) in [5, 5.41) is 2.80. The van der Waals surface area contributed by atoms with E-state index in [1.165, 1.54) is 0 Å². The van der Waals surface area contributed by atoms with Crippen molar-refractivity contribution < 1.29 is 4.79 Å². The van der Waals surface area contributed by atoms with Crippen LogP contribution >= 0.6 is 0 Å². The highest BCUT2D eigenvalue weighted by atomic mass is 16.2. The van der Waals surface area contributed by atoms with Crippen molar-refractivity contribution in [3.8, 4) is 0 Å². The van der Waals surface area contributed by atoms with Gasteiger partial charge in [0.1, 0.15) is 11.7 Å². The molecular weight excluding hydrogens is 304 g/mol. The largest absolute Gasteiger partial charge is 0.324 e. The zero-order valence-corrected chi connectivity index (χ0v) is 14.0. The van der Waals surface area contributed by atoms with E-state index in [2.05, 4.69) is 20.2 Å². The summed E-state index contributed by atoms with van der Waals surface area (Å²) >= 11 is 0. The van der Waals surface area contributed by atoms with Crippen LogP contribution in [0.5, 0.6) is 0 Å². The van der Waals surface area contributed by atoms with E-state index < -0.39 is 6.04 Å². The third-order valence-electron chi connectivity index (χ3n) is 4.51. The zero-order chi connectivity index (χ0) is 17.1. The highest BCUT2D eigenvalue weighted by molar-refractivity contribution is 5.95. The van der Waals surface area contributed by atoms with Gasteiger partial charge in [-0.15, -0.1) is 0 Å². The summed E-state index contributed by atoms with van der Waals surface area (Å²) in [7, 11) is 0. The lowest BCUT2D eigenvalue weighted by Crippen LogP contribution is -2.36. The Morgan fingerprint density at radius 3 is 2.75 bits per heavy atom. The third kappa shape index (κ3) is 3.38. The molecule has 1 aliphatic rings.